The van der Waals surface area contributed by atoms with Crippen LogP contribution in [0.3, 0.4) is 0 Å². The molecule has 6 rings (SSSR count). The number of carbonyl (C=O) groups is 2. The minimum Gasteiger partial charge on any atom is -0.481 e. The highest BCUT2D eigenvalue weighted by molar-refractivity contribution is 5.81. The molecule has 256 valence electrons. The van der Waals surface area contributed by atoms with Gasteiger partial charge in [-0.2, -0.15) is 0 Å². The molecule has 0 saturated heterocycles. The number of nitrogens with zero attached hydrogens (tertiary/aromatic N) is 1. The Bertz CT molecular complexity index is 1340. The Kier molecular flexibility index (Phi) is 8.28. The molecule has 0 bridgehead atoms. The molecule has 10 atom stereocenters. The molecule has 5 fully saturated rings. The molecule has 1 N–H and O–H groups in total. The Morgan fingerprint density at radius 3 is 2.24 bits per heavy atom. The number of carboxylic acid groups (broad SMARTS) is 1. The van der Waals surface area contributed by atoms with Crippen molar-refractivity contribution in [3.05, 3.63) is 36.7 Å². The number of rotatable bonds is 8. The highest BCUT2D eigenvalue weighted by Gasteiger charge is 2.71. The third-order valence-corrected chi connectivity index (χ3v) is 16.2. The van der Waals surface area contributed by atoms with Crippen LogP contribution in [0.4, 0.5) is 0 Å². The minimum atomic E-state index is -1.12. The van der Waals surface area contributed by atoms with Crippen LogP contribution < -0.4 is 0 Å². The van der Waals surface area contributed by atoms with Crippen molar-refractivity contribution in [1.82, 2.24) is 4.57 Å². The quantitative estimate of drug-likeness (QED) is 0.229. The van der Waals surface area contributed by atoms with Gasteiger partial charge in [-0.25, -0.2) is 0 Å². The normalized spacial score (nSPS) is 43.0. The summed E-state index contributed by atoms with van der Waals surface area (Å²) >= 11 is 0. The Hall–Kier alpha value is -2.04. The number of allylic oxidation sites excluding steroid dienone is 1. The zero-order chi connectivity index (χ0) is 33.5. The van der Waals surface area contributed by atoms with E-state index in [0.717, 1.165) is 31.2 Å². The van der Waals surface area contributed by atoms with Crippen LogP contribution in [0.25, 0.3) is 0 Å². The first-order valence-electron chi connectivity index (χ1n) is 18.6. The maximum atomic E-state index is 13.0. The van der Waals surface area contributed by atoms with E-state index in [-0.39, 0.29) is 29.3 Å². The summed E-state index contributed by atoms with van der Waals surface area (Å²) in [5.41, 5.74) is 1.41. The molecule has 0 unspecified atom stereocenters. The average molecular weight is 634 g/mol. The molecule has 5 aliphatic carbocycles. The Balaban J connectivity index is 1.25. The van der Waals surface area contributed by atoms with E-state index in [1.807, 2.05) is 0 Å². The first-order valence-corrected chi connectivity index (χ1v) is 18.6. The van der Waals surface area contributed by atoms with Crippen LogP contribution in [0.2, 0.25) is 0 Å². The maximum Gasteiger partial charge on any atom is 0.309 e. The fraction of sp³-hybridized carbons (Fsp3) is 0.805. The second kappa shape index (κ2) is 11.3. The van der Waals surface area contributed by atoms with Gasteiger partial charge in [0.25, 0.3) is 0 Å². The second-order valence-corrected chi connectivity index (χ2v) is 18.9. The van der Waals surface area contributed by atoms with Crippen molar-refractivity contribution in [3.63, 3.8) is 0 Å². The molecule has 5 heteroatoms. The van der Waals surface area contributed by atoms with Crippen LogP contribution in [-0.2, 0) is 20.9 Å². The molecule has 1 aromatic rings. The topological polar surface area (TPSA) is 68.5 Å². The first kappa shape index (κ1) is 33.8. The van der Waals surface area contributed by atoms with Crippen molar-refractivity contribution in [2.75, 3.05) is 0 Å². The largest absolute Gasteiger partial charge is 0.481 e. The first-order chi connectivity index (χ1) is 21.4. The molecule has 0 aromatic carbocycles. The van der Waals surface area contributed by atoms with Crippen molar-refractivity contribution in [2.24, 2.45) is 62.1 Å². The van der Waals surface area contributed by atoms with E-state index >= 15 is 0 Å². The Morgan fingerprint density at radius 2 is 1.59 bits per heavy atom. The molecule has 46 heavy (non-hydrogen) atoms. The smallest absolute Gasteiger partial charge is 0.309 e. The summed E-state index contributed by atoms with van der Waals surface area (Å²) in [5.74, 6) is 1.97. The summed E-state index contributed by atoms with van der Waals surface area (Å²) in [6, 6.07) is 4.33. The highest BCUT2D eigenvalue weighted by Crippen LogP contribution is 2.78. The van der Waals surface area contributed by atoms with E-state index < -0.39 is 11.4 Å². The van der Waals surface area contributed by atoms with E-state index in [2.05, 4.69) is 77.2 Å². The van der Waals surface area contributed by atoms with Gasteiger partial charge in [-0.3, -0.25) is 9.59 Å². The van der Waals surface area contributed by atoms with Gasteiger partial charge in [-0.15, -0.1) is 0 Å². The van der Waals surface area contributed by atoms with Gasteiger partial charge in [-0.1, -0.05) is 46.8 Å². The summed E-state index contributed by atoms with van der Waals surface area (Å²) in [7, 11) is 0. The van der Waals surface area contributed by atoms with Crippen molar-refractivity contribution >= 4 is 11.9 Å². The Labute approximate surface area is 279 Å². The Morgan fingerprint density at radius 1 is 0.891 bits per heavy atom. The second-order valence-electron chi connectivity index (χ2n) is 18.9. The number of esters is 1. The van der Waals surface area contributed by atoms with E-state index in [9.17, 15) is 14.7 Å². The number of hydrogen-bond acceptors (Lipinski definition) is 3. The van der Waals surface area contributed by atoms with Gasteiger partial charge < -0.3 is 14.4 Å². The van der Waals surface area contributed by atoms with Gasteiger partial charge in [0.05, 0.1) is 11.8 Å². The van der Waals surface area contributed by atoms with Crippen LogP contribution in [0.15, 0.2) is 36.7 Å². The predicted octanol–water partition coefficient (Wildman–Crippen LogP) is 9.95. The lowest BCUT2D eigenvalue weighted by Crippen LogP contribution is -2.66. The van der Waals surface area contributed by atoms with Gasteiger partial charge in [0.15, 0.2) is 0 Å². The molecule has 0 spiro atoms. The van der Waals surface area contributed by atoms with Crippen LogP contribution in [-0.4, -0.2) is 27.7 Å². The molecule has 5 nitrogen and oxygen atoms in total. The predicted molar refractivity (Wildman–Crippen MR) is 184 cm³/mol. The molecule has 0 amide bonds. The van der Waals surface area contributed by atoms with Gasteiger partial charge in [0, 0.05) is 24.4 Å². The van der Waals surface area contributed by atoms with Gasteiger partial charge >= 0.3 is 11.9 Å². The number of aromatic nitrogens is 1. The minimum absolute atomic E-state index is 0.0868. The summed E-state index contributed by atoms with van der Waals surface area (Å²) < 4.78 is 8.58. The third-order valence-electron chi connectivity index (χ3n) is 16.2. The fourth-order valence-electron chi connectivity index (χ4n) is 13.4. The van der Waals surface area contributed by atoms with Crippen molar-refractivity contribution < 1.29 is 19.4 Å². The summed E-state index contributed by atoms with van der Waals surface area (Å²) in [4.78, 5) is 24.7. The monoisotopic (exact) mass is 633 g/mol. The van der Waals surface area contributed by atoms with Crippen LogP contribution in [0.1, 0.15) is 132 Å². The van der Waals surface area contributed by atoms with Crippen molar-refractivity contribution in [3.8, 4) is 0 Å². The average Bonchev–Trinajstić information content (AvgIpc) is 3.62. The number of hydrogen-bond donors (Lipinski definition) is 1. The zero-order valence-corrected chi connectivity index (χ0v) is 30.3. The molecule has 5 aliphatic rings. The van der Waals surface area contributed by atoms with Crippen LogP contribution in [0, 0.1) is 62.1 Å². The molecule has 1 aromatic heterocycles. The number of carbonyl (C=O) groups excluding carboxylic acids is 1. The SMILES string of the molecule is C=C(C)[C@@H]1CC[C@]2(CCn3cccc3)CC[C@]3(C)[C@H](CC[C@@H]4[C@@]5(C)CC[C@H](OC(=O)CC(C)(C)C(=O)O)C(C)(C)[C@@H]5CC[C@]43C)[C@@H]12. The van der Waals surface area contributed by atoms with Gasteiger partial charge in [0.2, 0.25) is 0 Å². The zero-order valence-electron chi connectivity index (χ0n) is 30.3. The lowest BCUT2D eigenvalue weighted by Gasteiger charge is -2.73. The summed E-state index contributed by atoms with van der Waals surface area (Å²) in [6.45, 7) is 24.0. The maximum absolute atomic E-state index is 13.0. The lowest BCUT2D eigenvalue weighted by molar-refractivity contribution is -0.250. The standard InChI is InChI=1S/C41H63NO4/c1-27(2)28-14-19-41(22-25-42-23-10-11-24-42)21-20-39(8)29(34(28)41)12-13-31-38(7)17-16-32(46-33(43)26-36(3,4)35(44)45)37(5,6)30(38)15-18-40(31,39)9/h10-11,23-24,28-32,34H,1,12-22,25-26H2,2-9H3,(H,44,45)/t28-,29+,30-,31+,32-,34+,38-,39+,40+,41+/m0/s1. The number of carboxylic acids is 1. The van der Waals surface area contributed by atoms with Crippen LogP contribution in [0.5, 0.6) is 0 Å². The van der Waals surface area contributed by atoms with E-state index in [1.54, 1.807) is 13.8 Å². The summed E-state index contributed by atoms with van der Waals surface area (Å²) in [6.07, 6.45) is 17.9. The van der Waals surface area contributed by atoms with E-state index in [4.69, 9.17) is 4.74 Å². The van der Waals surface area contributed by atoms with E-state index in [1.165, 1.54) is 63.4 Å². The molecular formula is C41H63NO4. The molecule has 1 heterocycles. The lowest BCUT2D eigenvalue weighted by atomic mass is 9.32. The molecular weight excluding hydrogens is 570 g/mol. The fourth-order valence-corrected chi connectivity index (χ4v) is 13.4. The number of fused-ring (bicyclic) bond motifs is 7. The number of aliphatic carboxylic acids is 1. The van der Waals surface area contributed by atoms with Gasteiger partial charge in [-0.05, 0) is 155 Å². The van der Waals surface area contributed by atoms with Gasteiger partial charge in [0.1, 0.15) is 6.10 Å². The van der Waals surface area contributed by atoms with Crippen LogP contribution >= 0.6 is 0 Å². The number of aryl methyl sites for hydroxylation is 1. The summed E-state index contributed by atoms with van der Waals surface area (Å²) in [5, 5.41) is 9.58. The molecule has 0 radical (unpaired) electrons. The van der Waals surface area contributed by atoms with Crippen molar-refractivity contribution in [1.29, 1.82) is 0 Å². The highest BCUT2D eigenvalue weighted by atomic mass is 16.5. The van der Waals surface area contributed by atoms with Crippen molar-refractivity contribution in [2.45, 2.75) is 145 Å². The third kappa shape index (κ3) is 4.97. The van der Waals surface area contributed by atoms with E-state index in [0.29, 0.717) is 34.0 Å². The number of ether oxygens (including phenoxy) is 1. The molecule has 0 aliphatic heterocycles. The molecule has 5 saturated carbocycles.